The molecule has 6 nitrogen and oxygen atoms in total. The number of hydrogen-bond acceptors (Lipinski definition) is 4. The molecule has 0 bridgehead atoms. The number of nitrogens with zero attached hydrogens (tertiary/aromatic N) is 2. The molecule has 3 aromatic carbocycles. The number of aryl methyl sites for hydroxylation is 1. The third-order valence-electron chi connectivity index (χ3n) is 8.28. The third-order valence-corrected chi connectivity index (χ3v) is 8.28. The molecule has 2 aromatic heterocycles. The average molecular weight is 609 g/mol. The lowest BCUT2D eigenvalue weighted by Gasteiger charge is -2.33. The number of ether oxygens (including phenoxy) is 2. The summed E-state index contributed by atoms with van der Waals surface area (Å²) in [5.74, 6) is 0.938. The van der Waals surface area contributed by atoms with Crippen LogP contribution in [0.1, 0.15) is 77.0 Å². The van der Waals surface area contributed by atoms with Crippen molar-refractivity contribution in [2.24, 2.45) is 5.92 Å². The molecule has 1 aliphatic heterocycles. The Morgan fingerprint density at radius 3 is 1.95 bits per heavy atom. The van der Waals surface area contributed by atoms with Gasteiger partial charge in [0.15, 0.2) is 12.0 Å². The summed E-state index contributed by atoms with van der Waals surface area (Å²) in [6, 6.07) is 16.4. The number of Topliss-reactive ketones (excluding diaryl/α,β-unsaturated/α-hetero) is 1. The second-order valence-electron chi connectivity index (χ2n) is 10.9. The average Bonchev–Trinajstić information content (AvgIpc) is 3.53. The van der Waals surface area contributed by atoms with E-state index in [1.807, 2.05) is 38.1 Å². The number of benzene rings is 3. The van der Waals surface area contributed by atoms with E-state index in [1.54, 1.807) is 21.1 Å². The number of halogens is 1. The van der Waals surface area contributed by atoms with Crippen molar-refractivity contribution in [3.63, 3.8) is 0 Å². The zero-order valence-electron chi connectivity index (χ0n) is 27.5. The molecule has 0 fully saturated rings. The van der Waals surface area contributed by atoms with Gasteiger partial charge in [-0.2, -0.15) is 0 Å². The predicted octanol–water partition coefficient (Wildman–Crippen LogP) is 9.14. The summed E-state index contributed by atoms with van der Waals surface area (Å²) in [5.41, 5.74) is 5.80. The maximum absolute atomic E-state index is 13.3. The highest BCUT2D eigenvalue weighted by Gasteiger charge is 2.37. The van der Waals surface area contributed by atoms with Crippen LogP contribution in [-0.2, 0) is 22.4 Å². The summed E-state index contributed by atoms with van der Waals surface area (Å²) in [4.78, 5) is 13.3. The molecule has 7 heteroatoms. The minimum absolute atomic E-state index is 0.0536. The van der Waals surface area contributed by atoms with Crippen molar-refractivity contribution >= 4 is 61.0 Å². The Bertz CT molecular complexity index is 1680. The lowest BCUT2D eigenvalue weighted by atomic mass is 9.91. The topological polar surface area (TPSA) is 65.6 Å². The number of alkyl halides is 1. The Morgan fingerprint density at radius 2 is 1.47 bits per heavy atom. The van der Waals surface area contributed by atoms with Crippen LogP contribution in [0.15, 0.2) is 48.5 Å². The minimum atomic E-state index is -0.795. The number of carbonyl (C=O) groups is 1. The molecule has 3 heterocycles. The SMILES string of the molecule is CC.CCC(C)C.CCc1c(C(C)=O)c2c3ccccc3n3c2c2c1c1ccccc1n2CC(O)C(OC)C3OC.CCl. The summed E-state index contributed by atoms with van der Waals surface area (Å²) in [6.45, 7) is 14.8. The predicted molar refractivity (Wildman–Crippen MR) is 183 cm³/mol. The van der Waals surface area contributed by atoms with E-state index < -0.39 is 18.4 Å². The van der Waals surface area contributed by atoms with Crippen LogP contribution >= 0.6 is 11.6 Å². The highest BCUT2D eigenvalue weighted by atomic mass is 35.5. The van der Waals surface area contributed by atoms with Crippen molar-refractivity contribution in [2.45, 2.75) is 86.3 Å². The lowest BCUT2D eigenvalue weighted by Crippen LogP contribution is -2.41. The van der Waals surface area contributed by atoms with Crippen LogP contribution in [0.25, 0.3) is 43.6 Å². The Morgan fingerprint density at radius 1 is 0.930 bits per heavy atom. The van der Waals surface area contributed by atoms with E-state index in [0.717, 1.165) is 67.1 Å². The molecule has 6 rings (SSSR count). The van der Waals surface area contributed by atoms with Crippen molar-refractivity contribution in [3.8, 4) is 0 Å². The van der Waals surface area contributed by atoms with Crippen molar-refractivity contribution in [2.75, 3.05) is 20.6 Å². The molecule has 3 unspecified atom stereocenters. The largest absolute Gasteiger partial charge is 0.388 e. The first-order chi connectivity index (χ1) is 20.8. The van der Waals surface area contributed by atoms with E-state index in [-0.39, 0.29) is 5.78 Å². The van der Waals surface area contributed by atoms with Crippen molar-refractivity contribution in [1.29, 1.82) is 0 Å². The van der Waals surface area contributed by atoms with Gasteiger partial charge in [-0.05, 0) is 37.0 Å². The molecule has 5 aromatic rings. The number of methoxy groups -OCH3 is 2. The van der Waals surface area contributed by atoms with Gasteiger partial charge in [0.05, 0.1) is 23.1 Å². The molecule has 3 atom stereocenters. The van der Waals surface area contributed by atoms with Crippen LogP contribution in [-0.4, -0.2) is 52.8 Å². The van der Waals surface area contributed by atoms with Gasteiger partial charge < -0.3 is 23.7 Å². The zero-order valence-corrected chi connectivity index (χ0v) is 28.2. The molecule has 0 saturated heterocycles. The fourth-order valence-corrected chi connectivity index (χ4v) is 6.22. The second kappa shape index (κ2) is 15.2. The molecule has 0 saturated carbocycles. The molecule has 0 spiro atoms. The number of para-hydroxylation sites is 2. The quantitative estimate of drug-likeness (QED) is 0.160. The summed E-state index contributed by atoms with van der Waals surface area (Å²) >= 11 is 4.64. The van der Waals surface area contributed by atoms with E-state index in [2.05, 4.69) is 72.7 Å². The Balaban J connectivity index is 0.000000505. The van der Waals surface area contributed by atoms with Gasteiger partial charge in [0.1, 0.15) is 12.2 Å². The number of aromatic nitrogens is 2. The molecule has 1 N–H and O–H groups in total. The number of fused-ring (bicyclic) bond motifs is 6. The number of aliphatic hydroxyl groups is 1. The standard InChI is InChI=1S/C28H28N2O4.C5H12.C2H6.CH3Cl/c1-5-16-22(15(2)31)24-18-11-7-9-13-20(18)30-26(24)25-23(16)17-10-6-8-12-19(17)29(25)14-21(32)27(33-3)28(30)34-4;1-4-5(2)3;2*1-2/h6-13,21,27-28,32H,5,14H2,1-4H3;5H,4H2,1-3H3;1-2H3;1H3. The van der Waals surface area contributed by atoms with Crippen molar-refractivity contribution in [1.82, 2.24) is 9.13 Å². The highest BCUT2D eigenvalue weighted by molar-refractivity contribution is 6.30. The number of rotatable bonds is 5. The van der Waals surface area contributed by atoms with Crippen molar-refractivity contribution < 1.29 is 19.4 Å². The van der Waals surface area contributed by atoms with Crippen LogP contribution in [0.5, 0.6) is 0 Å². The molecule has 43 heavy (non-hydrogen) atoms. The molecule has 234 valence electrons. The first kappa shape index (κ1) is 34.6. The Kier molecular flexibility index (Phi) is 12.2. The fourth-order valence-electron chi connectivity index (χ4n) is 6.22. The van der Waals surface area contributed by atoms with Crippen molar-refractivity contribution in [3.05, 3.63) is 59.7 Å². The minimum Gasteiger partial charge on any atom is -0.388 e. The van der Waals surface area contributed by atoms with Gasteiger partial charge in [-0.3, -0.25) is 4.79 Å². The van der Waals surface area contributed by atoms with Gasteiger partial charge in [0.25, 0.3) is 0 Å². The molecule has 0 amide bonds. The first-order valence-corrected chi connectivity index (χ1v) is 16.2. The summed E-state index contributed by atoms with van der Waals surface area (Å²) < 4.78 is 16.2. The van der Waals surface area contributed by atoms with Crippen LogP contribution in [0.3, 0.4) is 0 Å². The fraction of sp³-hybridized carbons (Fsp3) is 0.472. The van der Waals surface area contributed by atoms with Gasteiger partial charge >= 0.3 is 0 Å². The third kappa shape index (κ3) is 5.95. The van der Waals surface area contributed by atoms with Crippen LogP contribution < -0.4 is 0 Å². The Labute approximate surface area is 261 Å². The number of ketones is 1. The van der Waals surface area contributed by atoms with Gasteiger partial charge in [0.2, 0.25) is 0 Å². The molecule has 0 aliphatic carbocycles. The van der Waals surface area contributed by atoms with E-state index in [0.29, 0.717) is 6.54 Å². The molecule has 1 aliphatic rings. The number of carbonyl (C=O) groups excluding carboxylic acids is 1. The van der Waals surface area contributed by atoms with Gasteiger partial charge in [-0.25, -0.2) is 0 Å². The number of aliphatic hydroxyl groups excluding tert-OH is 1. The first-order valence-electron chi connectivity index (χ1n) is 15.4. The molecular weight excluding hydrogens is 560 g/mol. The maximum atomic E-state index is 13.3. The Hall–Kier alpha value is -2.90. The summed E-state index contributed by atoms with van der Waals surface area (Å²) in [7, 11) is 3.25. The van der Waals surface area contributed by atoms with Crippen LogP contribution in [0.4, 0.5) is 0 Å². The normalized spacial score (nSPS) is 17.7. The summed E-state index contributed by atoms with van der Waals surface area (Å²) in [5, 5.41) is 15.5. The van der Waals surface area contributed by atoms with E-state index in [4.69, 9.17) is 9.47 Å². The maximum Gasteiger partial charge on any atom is 0.163 e. The van der Waals surface area contributed by atoms with E-state index in [9.17, 15) is 9.90 Å². The van der Waals surface area contributed by atoms with Crippen LogP contribution in [0, 0.1) is 5.92 Å². The van der Waals surface area contributed by atoms with Crippen LogP contribution in [0.2, 0.25) is 0 Å². The van der Waals surface area contributed by atoms with Gasteiger partial charge in [-0.15, -0.1) is 11.6 Å². The second-order valence-corrected chi connectivity index (χ2v) is 10.9. The van der Waals surface area contributed by atoms with Gasteiger partial charge in [0, 0.05) is 53.2 Å². The lowest BCUT2D eigenvalue weighted by molar-refractivity contribution is -0.126. The summed E-state index contributed by atoms with van der Waals surface area (Å²) in [6.07, 6.45) is 1.55. The highest BCUT2D eigenvalue weighted by Crippen LogP contribution is 2.46. The molecular formula is C36H49ClN2O4. The van der Waals surface area contributed by atoms with E-state index in [1.165, 1.54) is 12.8 Å². The monoisotopic (exact) mass is 608 g/mol. The zero-order chi connectivity index (χ0) is 32.0. The molecule has 0 radical (unpaired) electrons. The number of hydrogen-bond donors (Lipinski definition) is 1. The van der Waals surface area contributed by atoms with E-state index >= 15 is 0 Å². The van der Waals surface area contributed by atoms with Gasteiger partial charge in [-0.1, -0.05) is 84.4 Å². The smallest absolute Gasteiger partial charge is 0.163 e.